The van der Waals surface area contributed by atoms with Crippen LogP contribution in [0.1, 0.15) is 43.1 Å². The van der Waals surface area contributed by atoms with Gasteiger partial charge in [0.15, 0.2) is 5.13 Å². The number of hydrogen-bond acceptors (Lipinski definition) is 5. The molecule has 1 unspecified atom stereocenters. The highest BCUT2D eigenvalue weighted by Gasteiger charge is 2.31. The zero-order valence-electron chi connectivity index (χ0n) is 14.0. The molecule has 2 N–H and O–H groups in total. The summed E-state index contributed by atoms with van der Waals surface area (Å²) in [5, 5.41) is 13.9. The summed E-state index contributed by atoms with van der Waals surface area (Å²) in [5.41, 5.74) is 0.371. The molecule has 1 atom stereocenters. The van der Waals surface area contributed by atoms with Gasteiger partial charge in [-0.05, 0) is 12.8 Å². The fourth-order valence-electron chi connectivity index (χ4n) is 2.18. The quantitative estimate of drug-likeness (QED) is 0.846. The zero-order valence-corrected chi connectivity index (χ0v) is 14.8. The van der Waals surface area contributed by atoms with Gasteiger partial charge >= 0.3 is 0 Å². The standard InChI is InChI=1S/C15H27N3O2S/c1-9(2)12(19)15(4,5)8-16-13(20)11-10(3)17-14(21-11)18(6)7/h9,12,19H,8H2,1-7H3,(H,16,20). The summed E-state index contributed by atoms with van der Waals surface area (Å²) in [4.78, 5) is 19.2. The van der Waals surface area contributed by atoms with E-state index in [0.29, 0.717) is 11.4 Å². The molecular weight excluding hydrogens is 286 g/mol. The maximum atomic E-state index is 12.3. The van der Waals surface area contributed by atoms with Crippen molar-refractivity contribution >= 4 is 22.4 Å². The van der Waals surface area contributed by atoms with Gasteiger partial charge in [-0.15, -0.1) is 0 Å². The van der Waals surface area contributed by atoms with Crippen molar-refractivity contribution in [2.45, 2.75) is 40.7 Å². The molecule has 5 nitrogen and oxygen atoms in total. The smallest absolute Gasteiger partial charge is 0.263 e. The fourth-order valence-corrected chi connectivity index (χ4v) is 3.09. The monoisotopic (exact) mass is 313 g/mol. The number of carbonyl (C=O) groups is 1. The number of anilines is 1. The van der Waals surface area contributed by atoms with E-state index in [-0.39, 0.29) is 17.2 Å². The second kappa shape index (κ2) is 6.75. The maximum Gasteiger partial charge on any atom is 0.263 e. The molecule has 120 valence electrons. The number of aryl methyl sites for hydroxylation is 1. The van der Waals surface area contributed by atoms with Crippen LogP contribution in [-0.2, 0) is 0 Å². The summed E-state index contributed by atoms with van der Waals surface area (Å²) in [6.45, 7) is 10.1. The van der Waals surface area contributed by atoms with Gasteiger partial charge in [0.2, 0.25) is 0 Å². The zero-order chi connectivity index (χ0) is 16.4. The topological polar surface area (TPSA) is 65.5 Å². The molecule has 0 saturated carbocycles. The van der Waals surface area contributed by atoms with Gasteiger partial charge in [-0.25, -0.2) is 4.98 Å². The molecule has 0 aliphatic carbocycles. The molecule has 1 amide bonds. The predicted molar refractivity (Wildman–Crippen MR) is 88.1 cm³/mol. The lowest BCUT2D eigenvalue weighted by molar-refractivity contribution is 0.0138. The predicted octanol–water partition coefficient (Wildman–Crippen LogP) is 2.29. The number of nitrogens with zero attached hydrogens (tertiary/aromatic N) is 2. The summed E-state index contributed by atoms with van der Waals surface area (Å²) in [6.07, 6.45) is -0.460. The first-order chi connectivity index (χ1) is 9.56. The van der Waals surface area contributed by atoms with Gasteiger partial charge in [0.1, 0.15) is 4.88 Å². The van der Waals surface area contributed by atoms with E-state index in [1.807, 2.05) is 53.6 Å². The third-order valence-corrected chi connectivity index (χ3v) is 4.83. The second-order valence-corrected chi connectivity index (χ2v) is 7.64. The van der Waals surface area contributed by atoms with Crippen LogP contribution in [0, 0.1) is 18.3 Å². The molecule has 0 aromatic carbocycles. The first-order valence-corrected chi connectivity index (χ1v) is 7.99. The Balaban J connectivity index is 2.74. The molecule has 0 aliphatic heterocycles. The Bertz CT molecular complexity index is 495. The number of aromatic nitrogens is 1. The summed E-state index contributed by atoms with van der Waals surface area (Å²) in [6, 6.07) is 0. The van der Waals surface area contributed by atoms with Gasteiger partial charge < -0.3 is 15.3 Å². The van der Waals surface area contributed by atoms with Crippen LogP contribution in [0.15, 0.2) is 0 Å². The highest BCUT2D eigenvalue weighted by molar-refractivity contribution is 7.17. The summed E-state index contributed by atoms with van der Waals surface area (Å²) < 4.78 is 0. The fraction of sp³-hybridized carbons (Fsp3) is 0.733. The van der Waals surface area contributed by atoms with E-state index in [1.165, 1.54) is 11.3 Å². The number of thiazole rings is 1. The van der Waals surface area contributed by atoms with Crippen molar-refractivity contribution < 1.29 is 9.90 Å². The molecule has 1 rings (SSSR count). The normalized spacial score (nSPS) is 13.4. The Labute approximate surface area is 131 Å². The highest BCUT2D eigenvalue weighted by Crippen LogP contribution is 2.27. The summed E-state index contributed by atoms with van der Waals surface area (Å²) >= 11 is 1.38. The third kappa shape index (κ3) is 4.41. The van der Waals surface area contributed by atoms with Gasteiger partial charge in [-0.3, -0.25) is 4.79 Å². The number of aliphatic hydroxyl groups excluding tert-OH is 1. The van der Waals surface area contributed by atoms with Gasteiger partial charge in [0, 0.05) is 26.1 Å². The van der Waals surface area contributed by atoms with Crippen LogP contribution < -0.4 is 10.2 Å². The van der Waals surface area contributed by atoms with Gasteiger partial charge in [0.25, 0.3) is 5.91 Å². The first kappa shape index (κ1) is 17.9. The Morgan fingerprint density at radius 1 is 1.43 bits per heavy atom. The number of carbonyl (C=O) groups excluding carboxylic acids is 1. The molecule has 0 saturated heterocycles. The molecular formula is C15H27N3O2S. The largest absolute Gasteiger partial charge is 0.392 e. The molecule has 0 fully saturated rings. The lowest BCUT2D eigenvalue weighted by Gasteiger charge is -2.33. The SMILES string of the molecule is Cc1nc(N(C)C)sc1C(=O)NCC(C)(C)C(O)C(C)C. The number of aliphatic hydroxyl groups is 1. The molecule has 0 spiro atoms. The highest BCUT2D eigenvalue weighted by atomic mass is 32.1. The molecule has 1 heterocycles. The summed E-state index contributed by atoms with van der Waals surface area (Å²) in [7, 11) is 3.81. The molecule has 6 heteroatoms. The molecule has 1 aromatic rings. The van der Waals surface area contributed by atoms with E-state index < -0.39 is 6.10 Å². The lowest BCUT2D eigenvalue weighted by Crippen LogP contribution is -2.43. The molecule has 0 bridgehead atoms. The Hall–Kier alpha value is -1.14. The van der Waals surface area contributed by atoms with E-state index in [1.54, 1.807) is 0 Å². The first-order valence-electron chi connectivity index (χ1n) is 7.17. The Morgan fingerprint density at radius 3 is 2.43 bits per heavy atom. The number of nitrogens with one attached hydrogen (secondary N) is 1. The minimum Gasteiger partial charge on any atom is -0.392 e. The number of rotatable bonds is 6. The third-order valence-electron chi connectivity index (χ3n) is 3.51. The van der Waals surface area contributed by atoms with Crippen molar-refractivity contribution in [3.63, 3.8) is 0 Å². The van der Waals surface area contributed by atoms with Gasteiger partial charge in [0.05, 0.1) is 11.8 Å². The average molecular weight is 313 g/mol. The maximum absolute atomic E-state index is 12.3. The van der Waals surface area contributed by atoms with Crippen LogP contribution in [0.3, 0.4) is 0 Å². The van der Waals surface area contributed by atoms with E-state index >= 15 is 0 Å². The average Bonchev–Trinajstić information content (AvgIpc) is 2.77. The number of hydrogen-bond donors (Lipinski definition) is 2. The second-order valence-electron chi connectivity index (χ2n) is 6.67. The van der Waals surface area contributed by atoms with Crippen LogP contribution in [0.25, 0.3) is 0 Å². The lowest BCUT2D eigenvalue weighted by atomic mass is 9.80. The minimum atomic E-state index is -0.460. The van der Waals surface area contributed by atoms with Crippen LogP contribution in [-0.4, -0.2) is 42.7 Å². The van der Waals surface area contributed by atoms with Crippen molar-refractivity contribution in [3.05, 3.63) is 10.6 Å². The van der Waals surface area contributed by atoms with Crippen molar-refractivity contribution in [3.8, 4) is 0 Å². The van der Waals surface area contributed by atoms with E-state index in [9.17, 15) is 9.90 Å². The van der Waals surface area contributed by atoms with Crippen LogP contribution in [0.4, 0.5) is 5.13 Å². The molecule has 0 aliphatic rings. The van der Waals surface area contributed by atoms with Gasteiger partial charge in [-0.1, -0.05) is 39.0 Å². The Kier molecular flexibility index (Phi) is 5.75. The van der Waals surface area contributed by atoms with Crippen molar-refractivity contribution in [2.75, 3.05) is 25.5 Å². The minimum absolute atomic E-state index is 0.123. The van der Waals surface area contributed by atoms with Crippen molar-refractivity contribution in [1.29, 1.82) is 0 Å². The van der Waals surface area contributed by atoms with E-state index in [2.05, 4.69) is 10.3 Å². The molecule has 21 heavy (non-hydrogen) atoms. The summed E-state index contributed by atoms with van der Waals surface area (Å²) in [5.74, 6) is 0.0320. The van der Waals surface area contributed by atoms with E-state index in [0.717, 1.165) is 10.8 Å². The van der Waals surface area contributed by atoms with Crippen molar-refractivity contribution in [1.82, 2.24) is 10.3 Å². The molecule has 0 radical (unpaired) electrons. The number of amides is 1. The van der Waals surface area contributed by atoms with Crippen molar-refractivity contribution in [2.24, 2.45) is 11.3 Å². The molecule has 1 aromatic heterocycles. The Morgan fingerprint density at radius 2 is 2.00 bits per heavy atom. The van der Waals surface area contributed by atoms with Crippen LogP contribution >= 0.6 is 11.3 Å². The van der Waals surface area contributed by atoms with E-state index in [4.69, 9.17) is 0 Å². The van der Waals surface area contributed by atoms with Gasteiger partial charge in [-0.2, -0.15) is 0 Å². The van der Waals surface area contributed by atoms with Crippen LogP contribution in [0.5, 0.6) is 0 Å². The van der Waals surface area contributed by atoms with Crippen LogP contribution in [0.2, 0.25) is 0 Å².